The van der Waals surface area contributed by atoms with Crippen molar-refractivity contribution in [3.63, 3.8) is 0 Å². The monoisotopic (exact) mass is 278 g/mol. The Hall–Kier alpha value is -1.77. The van der Waals surface area contributed by atoms with Gasteiger partial charge in [-0.2, -0.15) is 13.2 Å². The van der Waals surface area contributed by atoms with Crippen LogP contribution in [0.4, 0.5) is 13.2 Å². The van der Waals surface area contributed by atoms with Crippen LogP contribution in [0, 0.1) is 13.8 Å². The molecule has 0 aromatic heterocycles. The van der Waals surface area contributed by atoms with Crippen LogP contribution in [-0.4, -0.2) is 6.18 Å². The van der Waals surface area contributed by atoms with Gasteiger partial charge in [0.05, 0.1) is 0 Å². The molecular weight excluding hydrogens is 261 g/mol. The Balaban J connectivity index is 2.68. The quantitative estimate of drug-likeness (QED) is 0.710. The summed E-state index contributed by atoms with van der Waals surface area (Å²) < 4.78 is 41.1. The van der Waals surface area contributed by atoms with Crippen LogP contribution in [0.5, 0.6) is 0 Å². The van der Waals surface area contributed by atoms with Gasteiger partial charge in [0.15, 0.2) is 0 Å². The largest absolute Gasteiger partial charge is 0.402 e. The van der Waals surface area contributed by atoms with Crippen molar-refractivity contribution < 1.29 is 13.2 Å². The minimum Gasteiger partial charge on any atom is -0.170 e. The average molecular weight is 278 g/mol. The summed E-state index contributed by atoms with van der Waals surface area (Å²) in [4.78, 5) is 0. The van der Waals surface area contributed by atoms with Crippen LogP contribution >= 0.6 is 0 Å². The highest BCUT2D eigenvalue weighted by Crippen LogP contribution is 2.46. The highest BCUT2D eigenvalue weighted by molar-refractivity contribution is 5.43. The molecule has 1 unspecified atom stereocenters. The van der Waals surface area contributed by atoms with Crippen molar-refractivity contribution in [1.29, 1.82) is 0 Å². The second-order valence-electron chi connectivity index (χ2n) is 5.29. The van der Waals surface area contributed by atoms with Crippen molar-refractivity contribution in [3.8, 4) is 0 Å². The number of rotatable bonds is 2. The van der Waals surface area contributed by atoms with E-state index in [1.165, 1.54) is 19.1 Å². The Kier molecular flexibility index (Phi) is 3.63. The zero-order valence-corrected chi connectivity index (χ0v) is 11.8. The summed E-state index contributed by atoms with van der Waals surface area (Å²) in [7, 11) is 0. The summed E-state index contributed by atoms with van der Waals surface area (Å²) >= 11 is 0. The molecule has 0 amide bonds. The van der Waals surface area contributed by atoms with E-state index >= 15 is 0 Å². The van der Waals surface area contributed by atoms with E-state index in [2.05, 4.69) is 0 Å². The Labute approximate surface area is 117 Å². The molecule has 3 heteroatoms. The Morgan fingerprint density at radius 2 is 1.35 bits per heavy atom. The maximum Gasteiger partial charge on any atom is 0.402 e. The Morgan fingerprint density at radius 3 is 1.85 bits per heavy atom. The second kappa shape index (κ2) is 4.97. The third-order valence-electron chi connectivity index (χ3n) is 4.00. The minimum absolute atomic E-state index is 0.260. The van der Waals surface area contributed by atoms with Crippen LogP contribution in [-0.2, 0) is 5.41 Å². The van der Waals surface area contributed by atoms with Gasteiger partial charge in [0.2, 0.25) is 0 Å². The molecule has 0 aliphatic carbocycles. The molecule has 0 N–H and O–H groups in total. The summed E-state index contributed by atoms with van der Waals surface area (Å²) in [5.74, 6) is 0. The summed E-state index contributed by atoms with van der Waals surface area (Å²) in [6.07, 6.45) is -4.35. The zero-order chi connectivity index (χ0) is 15.0. The number of benzene rings is 2. The van der Waals surface area contributed by atoms with E-state index < -0.39 is 11.6 Å². The molecule has 2 aromatic rings. The van der Waals surface area contributed by atoms with Crippen molar-refractivity contribution in [2.75, 3.05) is 0 Å². The first kappa shape index (κ1) is 14.6. The van der Waals surface area contributed by atoms with Gasteiger partial charge in [-0.05, 0) is 43.0 Å². The van der Waals surface area contributed by atoms with E-state index in [4.69, 9.17) is 0 Å². The molecule has 106 valence electrons. The lowest BCUT2D eigenvalue weighted by atomic mass is 9.75. The lowest BCUT2D eigenvalue weighted by Crippen LogP contribution is -2.40. The molecule has 0 saturated heterocycles. The van der Waals surface area contributed by atoms with Crippen LogP contribution in [0.1, 0.15) is 29.2 Å². The topological polar surface area (TPSA) is 0 Å². The molecule has 0 fully saturated rings. The fraction of sp³-hybridized carbons (Fsp3) is 0.294. The molecular formula is C17H17F3. The molecule has 0 bridgehead atoms. The Morgan fingerprint density at radius 1 is 0.750 bits per heavy atom. The minimum atomic E-state index is -4.35. The molecule has 2 aromatic carbocycles. The van der Waals surface area contributed by atoms with Crippen LogP contribution in [0.2, 0.25) is 0 Å². The molecule has 1 atom stereocenters. The molecule has 2 rings (SSSR count). The maximum absolute atomic E-state index is 13.7. The highest BCUT2D eigenvalue weighted by Gasteiger charge is 2.53. The number of halogens is 3. The highest BCUT2D eigenvalue weighted by atomic mass is 19.4. The van der Waals surface area contributed by atoms with Crippen LogP contribution in [0.15, 0.2) is 48.5 Å². The van der Waals surface area contributed by atoms with E-state index in [1.807, 2.05) is 13.8 Å². The first-order chi connectivity index (χ1) is 9.26. The lowest BCUT2D eigenvalue weighted by Gasteiger charge is -2.33. The van der Waals surface area contributed by atoms with Crippen LogP contribution in [0.3, 0.4) is 0 Å². The van der Waals surface area contributed by atoms with Gasteiger partial charge in [0, 0.05) is 0 Å². The Bertz CT molecular complexity index is 599. The summed E-state index contributed by atoms with van der Waals surface area (Å²) in [6.45, 7) is 4.97. The fourth-order valence-electron chi connectivity index (χ4n) is 2.32. The molecule has 0 nitrogen and oxygen atoms in total. The van der Waals surface area contributed by atoms with Gasteiger partial charge >= 0.3 is 6.18 Å². The van der Waals surface area contributed by atoms with Crippen LogP contribution < -0.4 is 0 Å². The van der Waals surface area contributed by atoms with Crippen molar-refractivity contribution in [3.05, 3.63) is 70.8 Å². The molecule has 0 aliphatic heterocycles. The van der Waals surface area contributed by atoms with Gasteiger partial charge in [-0.1, -0.05) is 48.5 Å². The molecule has 0 saturated carbocycles. The van der Waals surface area contributed by atoms with E-state index in [9.17, 15) is 13.2 Å². The summed E-state index contributed by atoms with van der Waals surface area (Å²) in [5, 5.41) is 0. The third kappa shape index (κ3) is 2.33. The number of hydrogen-bond acceptors (Lipinski definition) is 0. The number of aryl methyl sites for hydroxylation is 2. The van der Waals surface area contributed by atoms with Crippen molar-refractivity contribution in [2.45, 2.75) is 32.4 Å². The molecule has 0 radical (unpaired) electrons. The van der Waals surface area contributed by atoms with Gasteiger partial charge in [-0.3, -0.25) is 0 Å². The fourth-order valence-corrected chi connectivity index (χ4v) is 2.32. The molecule has 0 heterocycles. The predicted molar refractivity (Wildman–Crippen MR) is 74.9 cm³/mol. The predicted octanol–water partition coefficient (Wildman–Crippen LogP) is 5.17. The average Bonchev–Trinajstić information content (AvgIpc) is 2.40. The first-order valence-electron chi connectivity index (χ1n) is 6.47. The standard InChI is InChI=1S/C17H17F3/c1-12-9-10-15(11-13(12)2)16(3,17(18,19)20)14-7-5-4-6-8-14/h4-11H,1-3H3. The van der Waals surface area contributed by atoms with Gasteiger partial charge < -0.3 is 0 Å². The van der Waals surface area contributed by atoms with Gasteiger partial charge in [0.25, 0.3) is 0 Å². The summed E-state index contributed by atoms with van der Waals surface area (Å²) in [5.41, 5.74) is 0.405. The van der Waals surface area contributed by atoms with Gasteiger partial charge in [0.1, 0.15) is 5.41 Å². The first-order valence-corrected chi connectivity index (χ1v) is 6.47. The third-order valence-corrected chi connectivity index (χ3v) is 4.00. The van der Waals surface area contributed by atoms with Gasteiger partial charge in [-0.25, -0.2) is 0 Å². The summed E-state index contributed by atoms with van der Waals surface area (Å²) in [6, 6.07) is 13.0. The molecule has 0 aliphatic rings. The van der Waals surface area contributed by atoms with E-state index in [0.717, 1.165) is 11.1 Å². The van der Waals surface area contributed by atoms with E-state index in [-0.39, 0.29) is 11.1 Å². The number of hydrogen-bond donors (Lipinski definition) is 0. The van der Waals surface area contributed by atoms with Gasteiger partial charge in [-0.15, -0.1) is 0 Å². The lowest BCUT2D eigenvalue weighted by molar-refractivity contribution is -0.173. The molecule has 0 spiro atoms. The van der Waals surface area contributed by atoms with Crippen molar-refractivity contribution >= 4 is 0 Å². The number of alkyl halides is 3. The zero-order valence-electron chi connectivity index (χ0n) is 11.8. The van der Waals surface area contributed by atoms with Crippen LogP contribution in [0.25, 0.3) is 0 Å². The molecule has 20 heavy (non-hydrogen) atoms. The van der Waals surface area contributed by atoms with E-state index in [0.29, 0.717) is 0 Å². The van der Waals surface area contributed by atoms with Crippen molar-refractivity contribution in [2.24, 2.45) is 0 Å². The SMILES string of the molecule is Cc1ccc(C(C)(c2ccccc2)C(F)(F)F)cc1C. The van der Waals surface area contributed by atoms with Crippen molar-refractivity contribution in [1.82, 2.24) is 0 Å². The maximum atomic E-state index is 13.7. The van der Waals surface area contributed by atoms with E-state index in [1.54, 1.807) is 36.4 Å². The normalized spacial score (nSPS) is 14.9. The second-order valence-corrected chi connectivity index (χ2v) is 5.29. The smallest absolute Gasteiger partial charge is 0.170 e.